The van der Waals surface area contributed by atoms with E-state index in [2.05, 4.69) is 47.5 Å². The first-order valence-corrected chi connectivity index (χ1v) is 8.63. The molecular formula is C19H25N2O+. The van der Waals surface area contributed by atoms with Crippen molar-refractivity contribution in [2.24, 2.45) is 0 Å². The third-order valence-electron chi connectivity index (χ3n) is 5.28. The van der Waals surface area contributed by atoms with E-state index in [0.29, 0.717) is 6.04 Å². The summed E-state index contributed by atoms with van der Waals surface area (Å²) in [7, 11) is 0. The van der Waals surface area contributed by atoms with Gasteiger partial charge in [0, 0.05) is 18.9 Å². The topological polar surface area (TPSA) is 18.0 Å². The summed E-state index contributed by atoms with van der Waals surface area (Å²) < 4.78 is 10.6. The van der Waals surface area contributed by atoms with Gasteiger partial charge in [0.25, 0.3) is 5.82 Å². The van der Waals surface area contributed by atoms with Crippen LogP contribution in [0.25, 0.3) is 0 Å². The van der Waals surface area contributed by atoms with Crippen LogP contribution in [0, 0.1) is 6.92 Å². The molecule has 0 spiro atoms. The van der Waals surface area contributed by atoms with Gasteiger partial charge in [-0.3, -0.25) is 0 Å². The molecule has 0 bridgehead atoms. The molecule has 0 saturated carbocycles. The number of fused-ring (bicyclic) bond motifs is 2. The number of hydrogen-bond acceptors (Lipinski definition) is 1. The zero-order valence-corrected chi connectivity index (χ0v) is 13.6. The fourth-order valence-corrected chi connectivity index (χ4v) is 3.97. The van der Waals surface area contributed by atoms with Crippen LogP contribution in [-0.4, -0.2) is 11.2 Å². The second-order valence-electron chi connectivity index (χ2n) is 6.61. The zero-order chi connectivity index (χ0) is 15.1. The fourth-order valence-electron chi connectivity index (χ4n) is 3.97. The molecule has 1 aromatic heterocycles. The Morgan fingerprint density at radius 3 is 3.05 bits per heavy atom. The first kappa shape index (κ1) is 13.9. The van der Waals surface area contributed by atoms with E-state index in [9.17, 15) is 0 Å². The van der Waals surface area contributed by atoms with Crippen LogP contribution in [0.2, 0.25) is 0 Å². The van der Waals surface area contributed by atoms with Crippen LogP contribution in [0.5, 0.6) is 5.75 Å². The highest BCUT2D eigenvalue weighted by atomic mass is 16.5. The molecule has 0 N–H and O–H groups in total. The fraction of sp³-hybridized carbons (Fsp3) is 0.526. The smallest absolute Gasteiger partial charge is 0.253 e. The van der Waals surface area contributed by atoms with Gasteiger partial charge >= 0.3 is 0 Å². The molecule has 3 heteroatoms. The van der Waals surface area contributed by atoms with E-state index < -0.39 is 0 Å². The van der Waals surface area contributed by atoms with Gasteiger partial charge in [-0.25, -0.2) is 9.13 Å². The summed E-state index contributed by atoms with van der Waals surface area (Å²) in [4.78, 5) is 0. The molecule has 2 aromatic rings. The SMILES string of the molecule is CCCC[n+]1ccn(C2CCc3cc4c(cc32)OCC4)c1C. The van der Waals surface area contributed by atoms with E-state index in [1.807, 2.05) is 0 Å². The standard InChI is InChI=1S/C19H25N2O/c1-3-4-8-20-9-10-21(14(20)2)18-6-5-15-12-16-7-11-22-19(16)13-17(15)18/h9-10,12-13,18H,3-8,11H2,1-2H3/q+1. The molecule has 0 radical (unpaired) electrons. The van der Waals surface area contributed by atoms with Crippen LogP contribution in [0.15, 0.2) is 24.5 Å². The molecule has 2 aliphatic rings. The summed E-state index contributed by atoms with van der Waals surface area (Å²) >= 11 is 0. The molecule has 3 nitrogen and oxygen atoms in total. The van der Waals surface area contributed by atoms with Crippen LogP contribution in [0.1, 0.15) is 54.7 Å². The average Bonchev–Trinajstić information content (AvgIpc) is 3.21. The van der Waals surface area contributed by atoms with E-state index in [0.717, 1.165) is 25.3 Å². The lowest BCUT2D eigenvalue weighted by Crippen LogP contribution is -2.35. The molecule has 0 amide bonds. The van der Waals surface area contributed by atoms with Crippen LogP contribution >= 0.6 is 0 Å². The van der Waals surface area contributed by atoms with E-state index in [-0.39, 0.29) is 0 Å². The second-order valence-corrected chi connectivity index (χ2v) is 6.61. The summed E-state index contributed by atoms with van der Waals surface area (Å²) in [6, 6.07) is 5.18. The van der Waals surface area contributed by atoms with E-state index in [1.165, 1.54) is 48.2 Å². The molecule has 1 aliphatic heterocycles. The molecule has 0 saturated heterocycles. The Balaban J connectivity index is 1.68. The predicted octanol–water partition coefficient (Wildman–Crippen LogP) is 3.35. The molecule has 0 fully saturated rings. The Hall–Kier alpha value is -1.77. The second kappa shape index (κ2) is 5.45. The highest BCUT2D eigenvalue weighted by Gasteiger charge is 2.32. The van der Waals surface area contributed by atoms with Gasteiger partial charge in [0.15, 0.2) is 0 Å². The van der Waals surface area contributed by atoms with Crippen molar-refractivity contribution in [3.05, 3.63) is 47.0 Å². The first-order valence-electron chi connectivity index (χ1n) is 8.63. The molecule has 1 atom stereocenters. The highest BCUT2D eigenvalue weighted by molar-refractivity contribution is 5.48. The van der Waals surface area contributed by atoms with Crippen molar-refractivity contribution in [3.63, 3.8) is 0 Å². The molecule has 4 rings (SSSR count). The minimum atomic E-state index is 0.479. The number of aromatic nitrogens is 2. The number of aryl methyl sites for hydroxylation is 2. The van der Waals surface area contributed by atoms with Gasteiger partial charge < -0.3 is 4.74 Å². The van der Waals surface area contributed by atoms with Gasteiger partial charge in [0.2, 0.25) is 0 Å². The Morgan fingerprint density at radius 1 is 1.27 bits per heavy atom. The molecule has 1 aromatic carbocycles. The third kappa shape index (κ3) is 2.15. The lowest BCUT2D eigenvalue weighted by Gasteiger charge is -2.11. The van der Waals surface area contributed by atoms with Gasteiger partial charge in [0.05, 0.1) is 13.2 Å². The molecule has 1 unspecified atom stereocenters. The molecule has 22 heavy (non-hydrogen) atoms. The minimum absolute atomic E-state index is 0.479. The van der Waals surface area contributed by atoms with Crippen LogP contribution < -0.4 is 9.30 Å². The third-order valence-corrected chi connectivity index (χ3v) is 5.28. The minimum Gasteiger partial charge on any atom is -0.493 e. The number of hydrogen-bond donors (Lipinski definition) is 0. The molecule has 116 valence electrons. The van der Waals surface area contributed by atoms with E-state index in [4.69, 9.17) is 4.74 Å². The number of nitrogens with zero attached hydrogens (tertiary/aromatic N) is 2. The average molecular weight is 297 g/mol. The quantitative estimate of drug-likeness (QED) is 0.791. The van der Waals surface area contributed by atoms with Gasteiger partial charge in [-0.15, -0.1) is 0 Å². The molecular weight excluding hydrogens is 272 g/mol. The normalized spacial score (nSPS) is 19.1. The predicted molar refractivity (Wildman–Crippen MR) is 86.4 cm³/mol. The number of ether oxygens (including phenoxy) is 1. The highest BCUT2D eigenvalue weighted by Crippen LogP contribution is 2.40. The van der Waals surface area contributed by atoms with Gasteiger partial charge in [-0.2, -0.15) is 0 Å². The first-order chi connectivity index (χ1) is 10.8. The Kier molecular flexibility index (Phi) is 3.44. The van der Waals surface area contributed by atoms with Crippen molar-refractivity contribution in [2.45, 2.75) is 58.5 Å². The maximum atomic E-state index is 5.78. The van der Waals surface area contributed by atoms with Crippen LogP contribution in [0.3, 0.4) is 0 Å². The van der Waals surface area contributed by atoms with Crippen molar-refractivity contribution in [1.29, 1.82) is 0 Å². The summed E-state index contributed by atoms with van der Waals surface area (Å²) in [5.74, 6) is 2.49. The summed E-state index contributed by atoms with van der Waals surface area (Å²) in [6.45, 7) is 6.48. The lowest BCUT2D eigenvalue weighted by atomic mass is 10.0. The van der Waals surface area contributed by atoms with Crippen molar-refractivity contribution in [3.8, 4) is 5.75 Å². The van der Waals surface area contributed by atoms with Gasteiger partial charge in [0.1, 0.15) is 24.2 Å². The molecule has 2 heterocycles. The van der Waals surface area contributed by atoms with Gasteiger partial charge in [-0.05, 0) is 36.5 Å². The van der Waals surface area contributed by atoms with Crippen molar-refractivity contribution in [2.75, 3.05) is 6.61 Å². The maximum absolute atomic E-state index is 5.78. The van der Waals surface area contributed by atoms with Crippen LogP contribution in [0.4, 0.5) is 0 Å². The summed E-state index contributed by atoms with van der Waals surface area (Å²) in [6.07, 6.45) is 10.5. The van der Waals surface area contributed by atoms with Crippen LogP contribution in [-0.2, 0) is 19.4 Å². The number of rotatable bonds is 4. The zero-order valence-electron chi connectivity index (χ0n) is 13.6. The monoisotopic (exact) mass is 297 g/mol. The lowest BCUT2D eigenvalue weighted by molar-refractivity contribution is -0.702. The summed E-state index contributed by atoms with van der Waals surface area (Å²) in [5, 5.41) is 0. The van der Waals surface area contributed by atoms with Crippen molar-refractivity contribution < 1.29 is 9.30 Å². The van der Waals surface area contributed by atoms with Gasteiger partial charge in [-0.1, -0.05) is 19.4 Å². The Bertz CT molecular complexity index is 702. The van der Waals surface area contributed by atoms with E-state index in [1.54, 1.807) is 0 Å². The molecule has 1 aliphatic carbocycles. The largest absolute Gasteiger partial charge is 0.493 e. The Labute approximate surface area is 132 Å². The number of benzene rings is 1. The maximum Gasteiger partial charge on any atom is 0.253 e. The summed E-state index contributed by atoms with van der Waals surface area (Å²) in [5.41, 5.74) is 4.41. The number of unbranched alkanes of at least 4 members (excludes halogenated alkanes) is 1. The van der Waals surface area contributed by atoms with Crippen molar-refractivity contribution >= 4 is 0 Å². The number of imidazole rings is 1. The van der Waals surface area contributed by atoms with E-state index >= 15 is 0 Å². The van der Waals surface area contributed by atoms with Crippen molar-refractivity contribution in [1.82, 2.24) is 4.57 Å². The Morgan fingerprint density at radius 2 is 2.18 bits per heavy atom.